The minimum absolute atomic E-state index is 0. The number of fused-ring (bicyclic) bond motifs is 2. The number of hydrogen-bond donors (Lipinski definition) is 4. The summed E-state index contributed by atoms with van der Waals surface area (Å²) in [5.41, 5.74) is 1.43. The topological polar surface area (TPSA) is 204 Å². The van der Waals surface area contributed by atoms with Crippen molar-refractivity contribution in [1.82, 2.24) is 19.5 Å². The summed E-state index contributed by atoms with van der Waals surface area (Å²) in [6.07, 6.45) is -3.56. The zero-order valence-electron chi connectivity index (χ0n) is 16.3. The molecular weight excluding hydrogens is 384 g/mol. The van der Waals surface area contributed by atoms with E-state index in [2.05, 4.69) is 15.0 Å². The van der Waals surface area contributed by atoms with Crippen LogP contribution in [-0.2, 0) is 6.54 Å². The molecule has 1 aromatic carbocycles. The van der Waals surface area contributed by atoms with Crippen LogP contribution in [0.5, 0.6) is 0 Å². The Morgan fingerprint density at radius 2 is 1.66 bits per heavy atom. The van der Waals surface area contributed by atoms with E-state index in [1.165, 1.54) is 4.57 Å². The van der Waals surface area contributed by atoms with E-state index in [1.807, 2.05) is 19.9 Å². The minimum atomic E-state index is -1.39. The van der Waals surface area contributed by atoms with Crippen molar-refractivity contribution in [2.45, 2.75) is 52.0 Å². The third-order valence-corrected chi connectivity index (χ3v) is 4.80. The molecule has 1 aromatic rings. The van der Waals surface area contributed by atoms with E-state index < -0.39 is 29.6 Å². The average molecular weight is 410 g/mol. The van der Waals surface area contributed by atoms with Gasteiger partial charge in [-0.05, 0) is 43.5 Å². The lowest BCUT2D eigenvalue weighted by Gasteiger charge is -2.25. The summed E-state index contributed by atoms with van der Waals surface area (Å²) in [5.74, 6) is 0.0109. The molecule has 8 N–H and O–H groups in total. The number of rotatable bonds is 5. The zero-order valence-corrected chi connectivity index (χ0v) is 16.3. The quantitative estimate of drug-likeness (QED) is 0.349. The van der Waals surface area contributed by atoms with Gasteiger partial charge in [0.2, 0.25) is 0 Å². The summed E-state index contributed by atoms with van der Waals surface area (Å²) in [6, 6.07) is 3.62. The Bertz CT molecular complexity index is 1080. The molecule has 0 saturated carbocycles. The highest BCUT2D eigenvalue weighted by molar-refractivity contribution is 5.81. The largest absolute Gasteiger partial charge is 0.412 e. The number of H-pyrrole nitrogens is 1. The lowest BCUT2D eigenvalue weighted by molar-refractivity contribution is -0.0648. The van der Waals surface area contributed by atoms with Gasteiger partial charge in [-0.3, -0.25) is 9.78 Å². The van der Waals surface area contributed by atoms with Crippen LogP contribution in [0.4, 0.5) is 0 Å². The molecular formula is C18H26N4O7. The van der Waals surface area contributed by atoms with E-state index in [0.717, 1.165) is 11.1 Å². The van der Waals surface area contributed by atoms with Crippen LogP contribution < -0.4 is 11.2 Å². The van der Waals surface area contributed by atoms with E-state index >= 15 is 0 Å². The Balaban J connectivity index is 0.00000210. The van der Waals surface area contributed by atoms with E-state index in [-0.39, 0.29) is 35.4 Å². The van der Waals surface area contributed by atoms with Gasteiger partial charge < -0.3 is 30.8 Å². The molecule has 160 valence electrons. The molecule has 0 aromatic heterocycles. The third kappa shape index (κ3) is 4.49. The van der Waals surface area contributed by atoms with Gasteiger partial charge in [0, 0.05) is 0 Å². The molecule has 0 saturated heterocycles. The predicted octanol–water partition coefficient (Wildman–Crippen LogP) is -1.96. The van der Waals surface area contributed by atoms with Crippen molar-refractivity contribution < 1.29 is 26.3 Å². The number of aromatic nitrogens is 4. The molecule has 2 aliphatic heterocycles. The van der Waals surface area contributed by atoms with Crippen molar-refractivity contribution in [1.29, 1.82) is 0 Å². The molecule has 0 radical (unpaired) electrons. The predicted molar refractivity (Wildman–Crippen MR) is 106 cm³/mol. The molecule has 2 heterocycles. The molecule has 2 aliphatic rings. The first-order valence-corrected chi connectivity index (χ1v) is 8.69. The molecule has 3 atom stereocenters. The highest BCUT2D eigenvalue weighted by atomic mass is 16.4. The number of nitrogens with one attached hydrogen (secondary N) is 1. The van der Waals surface area contributed by atoms with Crippen LogP contribution in [0.1, 0.15) is 24.5 Å². The first-order chi connectivity index (χ1) is 12.7. The van der Waals surface area contributed by atoms with Gasteiger partial charge >= 0.3 is 5.69 Å². The number of aliphatic hydroxyl groups excluding tert-OH is 3. The Morgan fingerprint density at radius 1 is 1.03 bits per heavy atom. The first kappa shape index (κ1) is 24.3. The second kappa shape index (κ2) is 9.20. The maximum absolute atomic E-state index is 12.2. The van der Waals surface area contributed by atoms with Gasteiger partial charge in [-0.15, -0.1) is 0 Å². The molecule has 3 rings (SSSR count). The van der Waals surface area contributed by atoms with Gasteiger partial charge in [0.25, 0.3) is 5.56 Å². The summed E-state index contributed by atoms with van der Waals surface area (Å²) in [6.45, 7) is 5.32. The number of aryl methyl sites for hydroxylation is 2. The van der Waals surface area contributed by atoms with Crippen molar-refractivity contribution in [2.75, 3.05) is 0 Å². The summed E-state index contributed by atoms with van der Waals surface area (Å²) < 4.78 is 1.48. The van der Waals surface area contributed by atoms with E-state index in [0.29, 0.717) is 11.0 Å². The Labute approximate surface area is 165 Å². The molecule has 0 aliphatic carbocycles. The van der Waals surface area contributed by atoms with Crippen LogP contribution in [0.3, 0.4) is 0 Å². The van der Waals surface area contributed by atoms with Gasteiger partial charge in [-0.1, -0.05) is 6.92 Å². The van der Waals surface area contributed by atoms with Gasteiger partial charge in [0.05, 0.1) is 23.7 Å². The van der Waals surface area contributed by atoms with Gasteiger partial charge in [0.1, 0.15) is 12.2 Å². The van der Waals surface area contributed by atoms with Crippen LogP contribution in [0.2, 0.25) is 0 Å². The van der Waals surface area contributed by atoms with Gasteiger partial charge in [-0.25, -0.2) is 9.78 Å². The highest BCUT2D eigenvalue weighted by Gasteiger charge is 2.27. The van der Waals surface area contributed by atoms with Crippen LogP contribution >= 0.6 is 0 Å². The molecule has 0 spiro atoms. The maximum atomic E-state index is 12.2. The average Bonchev–Trinajstić information content (AvgIpc) is 2.62. The Morgan fingerprint density at radius 3 is 2.28 bits per heavy atom. The molecule has 0 unspecified atom stereocenters. The number of aromatic amines is 1. The van der Waals surface area contributed by atoms with Crippen LogP contribution in [0.25, 0.3) is 22.6 Å². The van der Waals surface area contributed by atoms with Crippen LogP contribution in [0.15, 0.2) is 21.7 Å². The summed E-state index contributed by atoms with van der Waals surface area (Å²) in [5, 5.41) is 30.3. The second-order valence-electron chi connectivity index (χ2n) is 6.72. The molecule has 0 fully saturated rings. The number of benzene rings is 1. The molecule has 11 nitrogen and oxygen atoms in total. The van der Waals surface area contributed by atoms with Crippen LogP contribution in [0, 0.1) is 13.8 Å². The number of hydrogen-bond acceptors (Lipinski definition) is 7. The van der Waals surface area contributed by atoms with Crippen molar-refractivity contribution in [3.63, 3.8) is 0 Å². The van der Waals surface area contributed by atoms with Crippen molar-refractivity contribution >= 4 is 11.0 Å². The fourth-order valence-electron chi connectivity index (χ4n) is 3.03. The van der Waals surface area contributed by atoms with E-state index in [1.54, 1.807) is 13.0 Å². The molecule has 11 heteroatoms. The third-order valence-electron chi connectivity index (χ3n) is 4.80. The monoisotopic (exact) mass is 410 g/mol. The lowest BCUT2D eigenvalue weighted by Crippen LogP contribution is -2.40. The van der Waals surface area contributed by atoms with Crippen molar-refractivity contribution in [2.24, 2.45) is 0 Å². The highest BCUT2D eigenvalue weighted by Crippen LogP contribution is 2.24. The maximum Gasteiger partial charge on any atom is 0.349 e. The first-order valence-electron chi connectivity index (χ1n) is 8.69. The molecule has 0 amide bonds. The number of nitrogens with zero attached hydrogens (tertiary/aromatic N) is 3. The van der Waals surface area contributed by atoms with Crippen molar-refractivity contribution in [3.8, 4) is 11.5 Å². The summed E-state index contributed by atoms with van der Waals surface area (Å²) in [7, 11) is 0. The van der Waals surface area contributed by atoms with Gasteiger partial charge in [-0.2, -0.15) is 4.98 Å². The minimum Gasteiger partial charge on any atom is -0.412 e. The lowest BCUT2D eigenvalue weighted by atomic mass is 10.0. The van der Waals surface area contributed by atoms with E-state index in [9.17, 15) is 24.9 Å². The Hall–Kier alpha value is -2.70. The summed E-state index contributed by atoms with van der Waals surface area (Å²) in [4.78, 5) is 34.2. The Kier molecular flexibility index (Phi) is 7.72. The zero-order chi connectivity index (χ0) is 19.9. The molecule has 0 bridgehead atoms. The normalized spacial score (nSPS) is 14.1. The SMILES string of the molecule is CC[C@@H](O)[C@@H](O)[C@@H](O)Cn1c2nc(=O)[nH]c(=O)c-2nc2cc(C)c(C)cc21.O.O. The van der Waals surface area contributed by atoms with Gasteiger partial charge in [0.15, 0.2) is 11.5 Å². The van der Waals surface area contributed by atoms with E-state index in [4.69, 9.17) is 0 Å². The second-order valence-corrected chi connectivity index (χ2v) is 6.72. The fraction of sp³-hybridized carbons (Fsp3) is 0.444. The smallest absolute Gasteiger partial charge is 0.349 e. The summed E-state index contributed by atoms with van der Waals surface area (Å²) >= 11 is 0. The molecule has 29 heavy (non-hydrogen) atoms. The fourth-order valence-corrected chi connectivity index (χ4v) is 3.03. The number of aliphatic hydroxyl groups is 3. The van der Waals surface area contributed by atoms with Crippen LogP contribution in [-0.4, -0.2) is 64.1 Å². The van der Waals surface area contributed by atoms with Crippen molar-refractivity contribution in [3.05, 3.63) is 44.1 Å². The standard InChI is InChI=1S/C18H22N4O5.2H2O/c1-4-12(23)15(25)13(24)7-22-11-6-9(3)8(2)5-10(11)19-14-16(22)20-18(27)21-17(14)26;;/h5-6,12-13,15,23-25H,4,7H2,1-3H3,(H,21,26,27);2*1H2/t12-,13+,15-;;/m1../s1.